The monoisotopic (exact) mass is 406 g/mol. The summed E-state index contributed by atoms with van der Waals surface area (Å²) < 4.78 is 15.4. The largest absolute Gasteiger partial charge is 0.296 e. The van der Waals surface area contributed by atoms with Crippen molar-refractivity contribution in [2.45, 2.75) is 0 Å². The van der Waals surface area contributed by atoms with Gasteiger partial charge in [-0.25, -0.2) is 9.37 Å². The van der Waals surface area contributed by atoms with E-state index in [0.29, 0.717) is 16.7 Å². The fraction of sp³-hybridized carbons (Fsp3) is 0.0588. The van der Waals surface area contributed by atoms with Gasteiger partial charge >= 0.3 is 0 Å². The van der Waals surface area contributed by atoms with Crippen LogP contribution in [0.4, 0.5) is 4.39 Å². The van der Waals surface area contributed by atoms with Crippen LogP contribution >= 0.6 is 22.6 Å². The second-order valence-corrected chi connectivity index (χ2v) is 6.13. The molecule has 2 aromatic carbocycles. The topological polar surface area (TPSA) is 34.9 Å². The zero-order chi connectivity index (χ0) is 15.7. The predicted molar refractivity (Wildman–Crippen MR) is 95.0 cm³/mol. The second kappa shape index (κ2) is 6.00. The van der Waals surface area contributed by atoms with Gasteiger partial charge in [0.15, 0.2) is 0 Å². The number of benzene rings is 2. The first-order valence-electron chi connectivity index (χ1n) is 6.64. The first-order chi connectivity index (χ1) is 10.5. The number of fused-ring (bicyclic) bond motifs is 1. The summed E-state index contributed by atoms with van der Waals surface area (Å²) in [5.74, 6) is 0.283. The molecule has 0 N–H and O–H groups in total. The molecule has 22 heavy (non-hydrogen) atoms. The molecule has 1 aromatic heterocycles. The molecule has 0 atom stereocenters. The lowest BCUT2D eigenvalue weighted by Gasteiger charge is -2.06. The molecule has 0 unspecified atom stereocenters. The lowest BCUT2D eigenvalue weighted by Crippen LogP contribution is -2.20. The van der Waals surface area contributed by atoms with Crippen LogP contribution in [0.5, 0.6) is 0 Å². The van der Waals surface area contributed by atoms with Gasteiger partial charge in [0.1, 0.15) is 11.6 Å². The van der Waals surface area contributed by atoms with Crippen LogP contribution in [-0.4, -0.2) is 9.55 Å². The van der Waals surface area contributed by atoms with E-state index in [0.717, 1.165) is 9.13 Å². The van der Waals surface area contributed by atoms with E-state index in [1.54, 1.807) is 31.3 Å². The molecule has 0 aliphatic rings. The predicted octanol–water partition coefficient (Wildman–Crippen LogP) is 3.85. The van der Waals surface area contributed by atoms with Crippen LogP contribution in [0.25, 0.3) is 23.1 Å². The fourth-order valence-corrected chi connectivity index (χ4v) is 2.65. The minimum atomic E-state index is -0.275. The van der Waals surface area contributed by atoms with Crippen LogP contribution in [0.3, 0.4) is 0 Å². The van der Waals surface area contributed by atoms with Crippen LogP contribution in [0.1, 0.15) is 11.4 Å². The van der Waals surface area contributed by atoms with Gasteiger partial charge in [-0.1, -0.05) is 18.2 Å². The first kappa shape index (κ1) is 14.9. The third-order valence-corrected chi connectivity index (χ3v) is 4.04. The van der Waals surface area contributed by atoms with Gasteiger partial charge in [0.2, 0.25) is 0 Å². The molecule has 0 aliphatic carbocycles. The first-order valence-corrected chi connectivity index (χ1v) is 7.72. The zero-order valence-electron chi connectivity index (χ0n) is 11.8. The molecule has 5 heteroatoms. The van der Waals surface area contributed by atoms with Crippen molar-refractivity contribution in [1.29, 1.82) is 0 Å². The second-order valence-electron chi connectivity index (χ2n) is 4.88. The smallest absolute Gasteiger partial charge is 0.261 e. The Morgan fingerprint density at radius 3 is 2.59 bits per heavy atom. The van der Waals surface area contributed by atoms with Crippen molar-refractivity contribution in [3.8, 4) is 0 Å². The molecule has 0 amide bonds. The minimum Gasteiger partial charge on any atom is -0.296 e. The average Bonchev–Trinajstić information content (AvgIpc) is 2.52. The minimum absolute atomic E-state index is 0.0812. The van der Waals surface area contributed by atoms with E-state index in [2.05, 4.69) is 27.6 Å². The maximum Gasteiger partial charge on any atom is 0.261 e. The van der Waals surface area contributed by atoms with Crippen LogP contribution in [0, 0.1) is 9.39 Å². The molecule has 3 nitrogen and oxygen atoms in total. The van der Waals surface area contributed by atoms with Gasteiger partial charge in [0, 0.05) is 10.6 Å². The van der Waals surface area contributed by atoms with Gasteiger partial charge < -0.3 is 0 Å². The van der Waals surface area contributed by atoms with Crippen LogP contribution in [-0.2, 0) is 7.05 Å². The van der Waals surface area contributed by atoms with E-state index < -0.39 is 0 Å². The van der Waals surface area contributed by atoms with E-state index in [1.165, 1.54) is 16.7 Å². The number of aromatic nitrogens is 2. The Hall–Kier alpha value is -2.02. The highest BCUT2D eigenvalue weighted by Crippen LogP contribution is 2.14. The van der Waals surface area contributed by atoms with Crippen molar-refractivity contribution in [3.63, 3.8) is 0 Å². The standard InChI is InChI=1S/C17H12FIN2O/c1-21-16(9-4-11-2-5-12(18)6-3-11)20-15-8-7-13(19)10-14(15)17(21)22/h2-10H,1H3/b9-4+. The lowest BCUT2D eigenvalue weighted by atomic mass is 10.2. The quantitative estimate of drug-likeness (QED) is 0.607. The summed E-state index contributed by atoms with van der Waals surface area (Å²) in [6.45, 7) is 0. The average molecular weight is 406 g/mol. The number of rotatable bonds is 2. The molecular formula is C17H12FIN2O. The van der Waals surface area contributed by atoms with Crippen molar-refractivity contribution in [3.05, 3.63) is 73.6 Å². The van der Waals surface area contributed by atoms with Crippen LogP contribution < -0.4 is 5.56 Å². The van der Waals surface area contributed by atoms with Gasteiger partial charge in [-0.05, 0) is 64.6 Å². The van der Waals surface area contributed by atoms with E-state index in [9.17, 15) is 9.18 Å². The van der Waals surface area contributed by atoms with Gasteiger partial charge in [-0.3, -0.25) is 9.36 Å². The Morgan fingerprint density at radius 2 is 1.86 bits per heavy atom. The molecule has 110 valence electrons. The Labute approximate surface area is 140 Å². The third-order valence-electron chi connectivity index (χ3n) is 3.37. The van der Waals surface area contributed by atoms with E-state index in [1.807, 2.05) is 18.2 Å². The molecule has 0 saturated heterocycles. The summed E-state index contributed by atoms with van der Waals surface area (Å²) in [6.07, 6.45) is 3.56. The highest BCUT2D eigenvalue weighted by Gasteiger charge is 2.06. The number of halogens is 2. The number of nitrogens with zero attached hydrogens (tertiary/aromatic N) is 2. The van der Waals surface area contributed by atoms with Crippen molar-refractivity contribution in [2.24, 2.45) is 7.05 Å². The highest BCUT2D eigenvalue weighted by atomic mass is 127. The molecule has 0 radical (unpaired) electrons. The summed E-state index contributed by atoms with van der Waals surface area (Å²) in [5.41, 5.74) is 1.43. The Morgan fingerprint density at radius 1 is 1.14 bits per heavy atom. The van der Waals surface area contributed by atoms with Crippen LogP contribution in [0.15, 0.2) is 47.3 Å². The van der Waals surface area contributed by atoms with E-state index in [4.69, 9.17) is 0 Å². The lowest BCUT2D eigenvalue weighted by molar-refractivity contribution is 0.628. The molecule has 3 rings (SSSR count). The van der Waals surface area contributed by atoms with Crippen LogP contribution in [0.2, 0.25) is 0 Å². The van der Waals surface area contributed by atoms with Gasteiger partial charge in [0.25, 0.3) is 5.56 Å². The molecule has 0 bridgehead atoms. The van der Waals surface area contributed by atoms with Gasteiger partial charge in [-0.15, -0.1) is 0 Å². The maximum atomic E-state index is 12.9. The van der Waals surface area contributed by atoms with Crippen molar-refractivity contribution in [2.75, 3.05) is 0 Å². The maximum absolute atomic E-state index is 12.9. The SMILES string of the molecule is Cn1c(/C=C/c2ccc(F)cc2)nc2ccc(I)cc2c1=O. The van der Waals surface area contributed by atoms with Gasteiger partial charge in [0.05, 0.1) is 10.9 Å². The Balaban J connectivity index is 2.07. The third kappa shape index (κ3) is 2.94. The normalized spacial score (nSPS) is 11.4. The number of hydrogen-bond donors (Lipinski definition) is 0. The summed E-state index contributed by atoms with van der Waals surface area (Å²) >= 11 is 2.17. The molecule has 1 heterocycles. The molecule has 0 fully saturated rings. The molecule has 0 spiro atoms. The number of hydrogen-bond acceptors (Lipinski definition) is 2. The Kier molecular flexibility index (Phi) is 4.06. The van der Waals surface area contributed by atoms with Crippen molar-refractivity contribution in [1.82, 2.24) is 9.55 Å². The Bertz CT molecular complexity index is 930. The van der Waals surface area contributed by atoms with Crippen molar-refractivity contribution < 1.29 is 4.39 Å². The molecule has 3 aromatic rings. The summed E-state index contributed by atoms with van der Waals surface area (Å²) in [6, 6.07) is 11.7. The molecule has 0 saturated carbocycles. The summed E-state index contributed by atoms with van der Waals surface area (Å²) in [7, 11) is 1.69. The zero-order valence-corrected chi connectivity index (χ0v) is 13.9. The van der Waals surface area contributed by atoms with E-state index >= 15 is 0 Å². The summed E-state index contributed by atoms with van der Waals surface area (Å²) in [5, 5.41) is 0.605. The molecule has 0 aliphatic heterocycles. The van der Waals surface area contributed by atoms with Gasteiger partial charge in [-0.2, -0.15) is 0 Å². The summed E-state index contributed by atoms with van der Waals surface area (Å²) in [4.78, 5) is 16.9. The highest BCUT2D eigenvalue weighted by molar-refractivity contribution is 14.1. The fourth-order valence-electron chi connectivity index (χ4n) is 2.15. The van der Waals surface area contributed by atoms with E-state index in [-0.39, 0.29) is 11.4 Å². The van der Waals surface area contributed by atoms with Crippen molar-refractivity contribution >= 4 is 45.6 Å². The molecular weight excluding hydrogens is 394 g/mol.